The van der Waals surface area contributed by atoms with Gasteiger partial charge in [-0.1, -0.05) is 72.8 Å². The summed E-state index contributed by atoms with van der Waals surface area (Å²) in [7, 11) is 0. The van der Waals surface area contributed by atoms with Crippen molar-refractivity contribution in [3.63, 3.8) is 0 Å². The van der Waals surface area contributed by atoms with Gasteiger partial charge >= 0.3 is 5.97 Å². The van der Waals surface area contributed by atoms with Crippen molar-refractivity contribution in [2.75, 3.05) is 13.2 Å². The van der Waals surface area contributed by atoms with Gasteiger partial charge in [-0.15, -0.1) is 0 Å². The summed E-state index contributed by atoms with van der Waals surface area (Å²) in [6.45, 7) is 2.75. The van der Waals surface area contributed by atoms with Crippen LogP contribution in [0.2, 0.25) is 0 Å². The number of nitrogens with zero attached hydrogens (tertiary/aromatic N) is 4. The molecule has 0 amide bonds. The van der Waals surface area contributed by atoms with Crippen LogP contribution >= 0.6 is 0 Å². The molecule has 0 aliphatic rings. The summed E-state index contributed by atoms with van der Waals surface area (Å²) >= 11 is 0. The Kier molecular flexibility index (Phi) is 6.65. The number of esters is 1. The quantitative estimate of drug-likeness (QED) is 0.253. The van der Waals surface area contributed by atoms with Crippen LogP contribution in [-0.2, 0) is 22.6 Å². The lowest BCUT2D eigenvalue weighted by Gasteiger charge is -2.10. The SMILES string of the molecule is CC(=O)OCCn1c(-c2ccccc2)nc2cc(-c3ccc(-c4nc5ccccc5n4CCO)cc3)ccc21. The van der Waals surface area contributed by atoms with E-state index in [-0.39, 0.29) is 19.2 Å². The maximum Gasteiger partial charge on any atom is 0.302 e. The minimum atomic E-state index is -0.293. The fourth-order valence-corrected chi connectivity index (χ4v) is 5.06. The number of hydrogen-bond acceptors (Lipinski definition) is 5. The minimum Gasteiger partial charge on any atom is -0.464 e. The van der Waals surface area contributed by atoms with E-state index in [1.54, 1.807) is 0 Å². The van der Waals surface area contributed by atoms with Crippen LogP contribution in [0.15, 0.2) is 97.1 Å². The molecular weight excluding hydrogens is 488 g/mol. The maximum atomic E-state index is 11.3. The van der Waals surface area contributed by atoms with Crippen LogP contribution in [0.25, 0.3) is 56.0 Å². The first-order valence-electron chi connectivity index (χ1n) is 13.0. The Balaban J connectivity index is 1.36. The largest absolute Gasteiger partial charge is 0.464 e. The van der Waals surface area contributed by atoms with E-state index < -0.39 is 0 Å². The smallest absolute Gasteiger partial charge is 0.302 e. The zero-order valence-electron chi connectivity index (χ0n) is 21.6. The van der Waals surface area contributed by atoms with Crippen molar-refractivity contribution in [3.8, 4) is 33.9 Å². The van der Waals surface area contributed by atoms with E-state index in [9.17, 15) is 9.90 Å². The maximum absolute atomic E-state index is 11.3. The lowest BCUT2D eigenvalue weighted by Crippen LogP contribution is -2.09. The lowest BCUT2D eigenvalue weighted by atomic mass is 10.0. The number of carbonyl (C=O) groups excluding carboxylic acids is 1. The summed E-state index contributed by atoms with van der Waals surface area (Å²) in [4.78, 5) is 21.1. The zero-order chi connectivity index (χ0) is 26.8. The second-order valence-corrected chi connectivity index (χ2v) is 9.37. The van der Waals surface area contributed by atoms with E-state index >= 15 is 0 Å². The van der Waals surface area contributed by atoms with Gasteiger partial charge in [0.1, 0.15) is 18.3 Å². The number of benzene rings is 4. The lowest BCUT2D eigenvalue weighted by molar-refractivity contribution is -0.141. The number of hydrogen-bond donors (Lipinski definition) is 1. The molecule has 194 valence electrons. The topological polar surface area (TPSA) is 82.2 Å². The summed E-state index contributed by atoms with van der Waals surface area (Å²) in [6.07, 6.45) is 0. The molecule has 6 rings (SSSR count). The van der Waals surface area contributed by atoms with E-state index in [1.807, 2.05) is 54.6 Å². The molecule has 7 nitrogen and oxygen atoms in total. The summed E-state index contributed by atoms with van der Waals surface area (Å²) in [5.74, 6) is 1.39. The average Bonchev–Trinajstić information content (AvgIpc) is 3.52. The van der Waals surface area contributed by atoms with Gasteiger partial charge in [0, 0.05) is 24.6 Å². The molecule has 1 N–H and O–H groups in total. The third kappa shape index (κ3) is 4.80. The first-order chi connectivity index (χ1) is 19.1. The van der Waals surface area contributed by atoms with E-state index in [0.29, 0.717) is 13.1 Å². The monoisotopic (exact) mass is 516 g/mol. The van der Waals surface area contributed by atoms with Crippen molar-refractivity contribution in [1.29, 1.82) is 0 Å². The van der Waals surface area contributed by atoms with Crippen LogP contribution in [0.4, 0.5) is 0 Å². The highest BCUT2D eigenvalue weighted by Gasteiger charge is 2.15. The molecule has 0 aliphatic heterocycles. The number of para-hydroxylation sites is 2. The molecule has 39 heavy (non-hydrogen) atoms. The first kappa shape index (κ1) is 24.6. The summed E-state index contributed by atoms with van der Waals surface area (Å²) in [5.41, 5.74) is 7.91. The molecule has 0 saturated heterocycles. The molecule has 0 radical (unpaired) electrons. The summed E-state index contributed by atoms with van der Waals surface area (Å²) in [5, 5.41) is 9.64. The van der Waals surface area contributed by atoms with Crippen molar-refractivity contribution < 1.29 is 14.6 Å². The Morgan fingerprint density at radius 2 is 1.28 bits per heavy atom. The number of imidazole rings is 2. The molecule has 0 atom stereocenters. The van der Waals surface area contributed by atoms with Crippen molar-refractivity contribution in [3.05, 3.63) is 97.1 Å². The molecule has 2 heterocycles. The number of aromatic nitrogens is 4. The third-order valence-corrected chi connectivity index (χ3v) is 6.86. The molecule has 0 saturated carbocycles. The van der Waals surface area contributed by atoms with E-state index in [0.717, 1.165) is 56.0 Å². The molecule has 0 fully saturated rings. The predicted octanol–water partition coefficient (Wildman–Crippen LogP) is 5.94. The first-order valence-corrected chi connectivity index (χ1v) is 13.0. The van der Waals surface area contributed by atoms with Gasteiger partial charge in [0.15, 0.2) is 0 Å². The van der Waals surface area contributed by atoms with Gasteiger partial charge in [0.25, 0.3) is 0 Å². The van der Waals surface area contributed by atoms with Gasteiger partial charge < -0.3 is 19.0 Å². The van der Waals surface area contributed by atoms with Gasteiger partial charge in [-0.3, -0.25) is 4.79 Å². The van der Waals surface area contributed by atoms with E-state index in [1.165, 1.54) is 6.92 Å². The molecule has 0 bridgehead atoms. The fourth-order valence-electron chi connectivity index (χ4n) is 5.06. The van der Waals surface area contributed by atoms with Gasteiger partial charge in [-0.05, 0) is 35.4 Å². The van der Waals surface area contributed by atoms with Crippen LogP contribution in [0.3, 0.4) is 0 Å². The average molecular weight is 517 g/mol. The molecule has 4 aromatic carbocycles. The number of rotatable bonds is 8. The van der Waals surface area contributed by atoms with Crippen LogP contribution in [0.5, 0.6) is 0 Å². The molecular formula is C32H28N4O3. The highest BCUT2D eigenvalue weighted by atomic mass is 16.5. The molecule has 6 aromatic rings. The van der Waals surface area contributed by atoms with Crippen molar-refractivity contribution in [1.82, 2.24) is 19.1 Å². The van der Waals surface area contributed by atoms with Crippen LogP contribution < -0.4 is 0 Å². The summed E-state index contributed by atoms with van der Waals surface area (Å²) < 4.78 is 9.39. The second-order valence-electron chi connectivity index (χ2n) is 9.37. The Morgan fingerprint density at radius 3 is 2.03 bits per heavy atom. The third-order valence-electron chi connectivity index (χ3n) is 6.86. The Hall–Kier alpha value is -4.75. The standard InChI is InChI=1S/C32H28N4O3/c1-22(38)39-20-18-36-30-16-15-26(21-28(30)34-31(36)24-7-3-2-4-8-24)23-11-13-25(14-12-23)32-33-27-9-5-6-10-29(27)35(32)17-19-37/h2-16,21,37H,17-20H2,1H3. The number of aliphatic hydroxyl groups excluding tert-OH is 1. The van der Waals surface area contributed by atoms with Crippen molar-refractivity contribution in [2.45, 2.75) is 20.0 Å². The van der Waals surface area contributed by atoms with Gasteiger partial charge in [-0.25, -0.2) is 9.97 Å². The fraction of sp³-hybridized carbons (Fsp3) is 0.156. The van der Waals surface area contributed by atoms with Gasteiger partial charge in [0.2, 0.25) is 0 Å². The molecule has 0 unspecified atom stereocenters. The molecule has 7 heteroatoms. The molecule has 0 spiro atoms. The highest BCUT2D eigenvalue weighted by Crippen LogP contribution is 2.31. The van der Waals surface area contributed by atoms with Crippen molar-refractivity contribution >= 4 is 28.0 Å². The minimum absolute atomic E-state index is 0.0456. The van der Waals surface area contributed by atoms with Crippen LogP contribution in [0, 0.1) is 0 Å². The normalized spacial score (nSPS) is 11.3. The van der Waals surface area contributed by atoms with Gasteiger partial charge in [-0.2, -0.15) is 0 Å². The molecule has 0 aliphatic carbocycles. The Bertz CT molecular complexity index is 1770. The predicted molar refractivity (Wildman–Crippen MR) is 153 cm³/mol. The van der Waals surface area contributed by atoms with Crippen LogP contribution in [-0.4, -0.2) is 43.4 Å². The Morgan fingerprint density at radius 1 is 0.692 bits per heavy atom. The number of aliphatic hydroxyl groups is 1. The highest BCUT2D eigenvalue weighted by molar-refractivity contribution is 5.86. The number of ether oxygens (including phenoxy) is 1. The van der Waals surface area contributed by atoms with Crippen molar-refractivity contribution in [2.24, 2.45) is 0 Å². The van der Waals surface area contributed by atoms with E-state index in [2.05, 4.69) is 51.6 Å². The zero-order valence-corrected chi connectivity index (χ0v) is 21.6. The second kappa shape index (κ2) is 10.6. The number of fused-ring (bicyclic) bond motifs is 2. The number of carbonyl (C=O) groups is 1. The van der Waals surface area contributed by atoms with E-state index in [4.69, 9.17) is 14.7 Å². The van der Waals surface area contributed by atoms with Gasteiger partial charge in [0.05, 0.1) is 35.2 Å². The summed E-state index contributed by atoms with van der Waals surface area (Å²) in [6, 6.07) is 32.6. The Labute approximate surface area is 226 Å². The van der Waals surface area contributed by atoms with Crippen LogP contribution in [0.1, 0.15) is 6.92 Å². The molecule has 2 aromatic heterocycles.